The number of rotatable bonds is 5. The predicted molar refractivity (Wildman–Crippen MR) is 46.9 cm³/mol. The van der Waals surface area contributed by atoms with E-state index in [1.165, 1.54) is 6.39 Å². The van der Waals surface area contributed by atoms with E-state index in [1.807, 2.05) is 6.92 Å². The number of hydrogen-bond acceptors (Lipinski definition) is 4. The van der Waals surface area contributed by atoms with Crippen LogP contribution in [0, 0.1) is 0 Å². The molecule has 72 valence electrons. The largest absolute Gasteiger partial charge is 0.447 e. The lowest BCUT2D eigenvalue weighted by molar-refractivity contribution is -0.120. The van der Waals surface area contributed by atoms with Gasteiger partial charge in [0.15, 0.2) is 6.39 Å². The molecule has 5 heteroatoms. The van der Waals surface area contributed by atoms with E-state index in [0.717, 1.165) is 5.76 Å². The Bertz CT molecular complexity index is 246. The Labute approximate surface area is 76.5 Å². The zero-order valence-corrected chi connectivity index (χ0v) is 7.54. The molecular weight excluding hydrogens is 170 g/mol. The van der Waals surface area contributed by atoms with Crippen LogP contribution < -0.4 is 10.6 Å². The first-order valence-corrected chi connectivity index (χ1v) is 4.17. The van der Waals surface area contributed by atoms with E-state index in [-0.39, 0.29) is 5.91 Å². The van der Waals surface area contributed by atoms with Crippen LogP contribution in [-0.2, 0) is 11.3 Å². The summed E-state index contributed by atoms with van der Waals surface area (Å²) in [7, 11) is 0. The first kappa shape index (κ1) is 9.73. The Hall–Kier alpha value is -1.36. The molecule has 0 aliphatic carbocycles. The predicted octanol–water partition coefficient (Wildman–Crippen LogP) is -0.0997. The van der Waals surface area contributed by atoms with E-state index in [2.05, 4.69) is 15.6 Å². The summed E-state index contributed by atoms with van der Waals surface area (Å²) in [6.07, 6.45) is 2.98. The molecule has 1 aromatic heterocycles. The summed E-state index contributed by atoms with van der Waals surface area (Å²) >= 11 is 0. The van der Waals surface area contributed by atoms with Gasteiger partial charge in [0.2, 0.25) is 5.91 Å². The van der Waals surface area contributed by atoms with Crippen molar-refractivity contribution in [3.63, 3.8) is 0 Å². The van der Waals surface area contributed by atoms with Crippen LogP contribution >= 0.6 is 0 Å². The highest BCUT2D eigenvalue weighted by Gasteiger charge is 1.99. The molecule has 0 aliphatic rings. The van der Waals surface area contributed by atoms with Crippen molar-refractivity contribution in [1.82, 2.24) is 15.6 Å². The van der Waals surface area contributed by atoms with E-state index in [4.69, 9.17) is 4.42 Å². The van der Waals surface area contributed by atoms with Crippen molar-refractivity contribution in [3.05, 3.63) is 18.4 Å². The molecule has 0 atom stereocenters. The molecule has 5 nitrogen and oxygen atoms in total. The zero-order valence-electron chi connectivity index (χ0n) is 7.54. The van der Waals surface area contributed by atoms with Crippen LogP contribution in [0.25, 0.3) is 0 Å². The lowest BCUT2D eigenvalue weighted by Crippen LogP contribution is -2.33. The molecule has 0 aromatic carbocycles. The third-order valence-corrected chi connectivity index (χ3v) is 1.44. The van der Waals surface area contributed by atoms with Gasteiger partial charge in [0, 0.05) is 6.54 Å². The van der Waals surface area contributed by atoms with Gasteiger partial charge in [0.1, 0.15) is 5.76 Å². The van der Waals surface area contributed by atoms with Gasteiger partial charge in [-0.15, -0.1) is 0 Å². The van der Waals surface area contributed by atoms with E-state index >= 15 is 0 Å². The molecule has 13 heavy (non-hydrogen) atoms. The quantitative estimate of drug-likeness (QED) is 0.669. The summed E-state index contributed by atoms with van der Waals surface area (Å²) in [5.41, 5.74) is 0. The van der Waals surface area contributed by atoms with Gasteiger partial charge in [-0.05, 0) is 6.92 Å². The zero-order chi connectivity index (χ0) is 9.52. The molecule has 0 radical (unpaired) electrons. The normalized spacial score (nSPS) is 9.92. The van der Waals surface area contributed by atoms with Gasteiger partial charge in [0.25, 0.3) is 0 Å². The molecule has 1 rings (SSSR count). The molecule has 1 heterocycles. The molecule has 0 saturated carbocycles. The van der Waals surface area contributed by atoms with E-state index < -0.39 is 0 Å². The van der Waals surface area contributed by atoms with E-state index in [9.17, 15) is 4.79 Å². The number of oxazole rings is 1. The summed E-state index contributed by atoms with van der Waals surface area (Å²) in [4.78, 5) is 14.7. The Morgan fingerprint density at radius 1 is 1.69 bits per heavy atom. The van der Waals surface area contributed by atoms with E-state index in [0.29, 0.717) is 19.6 Å². The Morgan fingerprint density at radius 2 is 2.54 bits per heavy atom. The van der Waals surface area contributed by atoms with Gasteiger partial charge in [-0.25, -0.2) is 4.98 Å². The molecular formula is C8H13N3O2. The Balaban J connectivity index is 2.11. The molecule has 0 aliphatic heterocycles. The number of carbonyl (C=O) groups excluding carboxylic acids is 1. The van der Waals surface area contributed by atoms with Crippen molar-refractivity contribution < 1.29 is 9.21 Å². The lowest BCUT2D eigenvalue weighted by atomic mass is 10.5. The van der Waals surface area contributed by atoms with Crippen LogP contribution in [0.3, 0.4) is 0 Å². The topological polar surface area (TPSA) is 67.2 Å². The minimum atomic E-state index is -0.0120. The van der Waals surface area contributed by atoms with Crippen LogP contribution in [-0.4, -0.2) is 24.0 Å². The van der Waals surface area contributed by atoms with Crippen LogP contribution in [0.5, 0.6) is 0 Å². The number of nitrogens with zero attached hydrogens (tertiary/aromatic N) is 1. The van der Waals surface area contributed by atoms with Crippen molar-refractivity contribution in [2.75, 3.05) is 13.1 Å². The second-order valence-corrected chi connectivity index (χ2v) is 2.52. The fourth-order valence-corrected chi connectivity index (χ4v) is 0.888. The number of hydrogen-bond donors (Lipinski definition) is 2. The number of amides is 1. The van der Waals surface area contributed by atoms with Gasteiger partial charge in [0.05, 0.1) is 19.3 Å². The lowest BCUT2D eigenvalue weighted by Gasteiger charge is -2.02. The maximum absolute atomic E-state index is 11.0. The highest BCUT2D eigenvalue weighted by atomic mass is 16.3. The SMILES string of the molecule is CCNC(=O)CNCc1cnco1. The van der Waals surface area contributed by atoms with E-state index in [1.54, 1.807) is 6.20 Å². The van der Waals surface area contributed by atoms with Crippen molar-refractivity contribution in [2.45, 2.75) is 13.5 Å². The summed E-state index contributed by atoms with van der Waals surface area (Å²) in [6.45, 7) is 3.36. The summed E-state index contributed by atoms with van der Waals surface area (Å²) in [5.74, 6) is 0.714. The molecule has 2 N–H and O–H groups in total. The minimum Gasteiger partial charge on any atom is -0.447 e. The summed E-state index contributed by atoms with van der Waals surface area (Å²) < 4.78 is 4.97. The first-order valence-electron chi connectivity index (χ1n) is 4.17. The number of carbonyl (C=O) groups is 1. The molecule has 0 fully saturated rings. The highest BCUT2D eigenvalue weighted by Crippen LogP contribution is 1.93. The Kier molecular flexibility index (Phi) is 3.98. The van der Waals surface area contributed by atoms with Gasteiger partial charge in [-0.1, -0.05) is 0 Å². The summed E-state index contributed by atoms with van der Waals surface area (Å²) in [6, 6.07) is 0. The summed E-state index contributed by atoms with van der Waals surface area (Å²) in [5, 5.41) is 5.60. The van der Waals surface area contributed by atoms with Gasteiger partial charge < -0.3 is 15.1 Å². The molecule has 0 spiro atoms. The van der Waals surface area contributed by atoms with Crippen molar-refractivity contribution in [2.24, 2.45) is 0 Å². The monoisotopic (exact) mass is 183 g/mol. The van der Waals surface area contributed by atoms with Gasteiger partial charge in [-0.2, -0.15) is 0 Å². The smallest absolute Gasteiger partial charge is 0.233 e. The maximum Gasteiger partial charge on any atom is 0.233 e. The average Bonchev–Trinajstić information content (AvgIpc) is 2.57. The van der Waals surface area contributed by atoms with Crippen LogP contribution in [0.2, 0.25) is 0 Å². The van der Waals surface area contributed by atoms with Crippen molar-refractivity contribution in [3.8, 4) is 0 Å². The second-order valence-electron chi connectivity index (χ2n) is 2.52. The van der Waals surface area contributed by atoms with Crippen molar-refractivity contribution >= 4 is 5.91 Å². The molecule has 1 aromatic rings. The Morgan fingerprint density at radius 3 is 3.15 bits per heavy atom. The van der Waals surface area contributed by atoms with Crippen molar-refractivity contribution in [1.29, 1.82) is 0 Å². The second kappa shape index (κ2) is 5.31. The highest BCUT2D eigenvalue weighted by molar-refractivity contribution is 5.77. The fraction of sp³-hybridized carbons (Fsp3) is 0.500. The number of likely N-dealkylation sites (N-methyl/N-ethyl adjacent to an activating group) is 1. The van der Waals surface area contributed by atoms with Crippen LogP contribution in [0.1, 0.15) is 12.7 Å². The van der Waals surface area contributed by atoms with Gasteiger partial charge in [-0.3, -0.25) is 4.79 Å². The molecule has 0 bridgehead atoms. The molecule has 0 unspecified atom stereocenters. The fourth-order valence-electron chi connectivity index (χ4n) is 0.888. The van der Waals surface area contributed by atoms with Crippen LogP contribution in [0.4, 0.5) is 0 Å². The number of nitrogens with one attached hydrogen (secondary N) is 2. The third-order valence-electron chi connectivity index (χ3n) is 1.44. The molecule has 0 saturated heterocycles. The maximum atomic E-state index is 11.0. The molecule has 1 amide bonds. The standard InChI is InChI=1S/C8H13N3O2/c1-2-11-8(12)5-9-3-7-4-10-6-13-7/h4,6,9H,2-3,5H2,1H3,(H,11,12). The average molecular weight is 183 g/mol. The van der Waals surface area contributed by atoms with Gasteiger partial charge >= 0.3 is 0 Å². The first-order chi connectivity index (χ1) is 6.33. The third kappa shape index (κ3) is 3.71. The number of aromatic nitrogens is 1. The minimum absolute atomic E-state index is 0.0120. The van der Waals surface area contributed by atoms with Crippen LogP contribution in [0.15, 0.2) is 17.0 Å².